The van der Waals surface area contributed by atoms with Crippen molar-refractivity contribution in [2.24, 2.45) is 10.9 Å². The molecule has 0 fully saturated rings. The fourth-order valence-electron chi connectivity index (χ4n) is 1.84. The van der Waals surface area contributed by atoms with E-state index in [2.05, 4.69) is 23.0 Å². The van der Waals surface area contributed by atoms with Gasteiger partial charge >= 0.3 is 0 Å². The Hall–Kier alpha value is -1.84. The van der Waals surface area contributed by atoms with Crippen LogP contribution < -0.4 is 10.5 Å². The van der Waals surface area contributed by atoms with Gasteiger partial charge in [-0.15, -0.1) is 0 Å². The first-order valence-electron chi connectivity index (χ1n) is 6.30. The number of anilines is 1. The van der Waals surface area contributed by atoms with Crippen molar-refractivity contribution in [3.63, 3.8) is 0 Å². The highest BCUT2D eigenvalue weighted by atomic mass is 16.5. The fraction of sp³-hybridized carbons (Fsp3) is 0.429. The van der Waals surface area contributed by atoms with Crippen LogP contribution >= 0.6 is 0 Å². The van der Waals surface area contributed by atoms with E-state index in [1.165, 1.54) is 5.71 Å². The summed E-state index contributed by atoms with van der Waals surface area (Å²) in [6.45, 7) is 2.84. The topological polar surface area (TPSA) is 60.5 Å². The predicted octanol–water partition coefficient (Wildman–Crippen LogP) is 2.82. The van der Waals surface area contributed by atoms with Crippen molar-refractivity contribution in [2.75, 3.05) is 12.3 Å². The normalized spacial score (nSPS) is 19.2. The monoisotopic (exact) mass is 245 g/mol. The Morgan fingerprint density at radius 1 is 1.50 bits per heavy atom. The summed E-state index contributed by atoms with van der Waals surface area (Å²) in [4.78, 5) is 8.36. The molecule has 4 nitrogen and oxygen atoms in total. The number of nitrogens with zero attached hydrogens (tertiary/aromatic N) is 2. The van der Waals surface area contributed by atoms with Gasteiger partial charge in [0.05, 0.1) is 6.61 Å². The highest BCUT2D eigenvalue weighted by molar-refractivity contribution is 5.85. The lowest BCUT2D eigenvalue weighted by Crippen LogP contribution is -2.07. The molecule has 0 bridgehead atoms. The summed E-state index contributed by atoms with van der Waals surface area (Å²) in [5.41, 5.74) is 6.79. The highest BCUT2D eigenvalue weighted by Crippen LogP contribution is 2.15. The number of aromatic nitrogens is 1. The summed E-state index contributed by atoms with van der Waals surface area (Å²) in [6, 6.07) is 3.55. The zero-order valence-corrected chi connectivity index (χ0v) is 10.7. The van der Waals surface area contributed by atoms with E-state index in [0.29, 0.717) is 18.3 Å². The standard InChI is InChI=1S/C14H19N3O/c1-11-2-3-12(16-7-4-11)6-9-18-13-5-8-17-14(15)10-13/h4-5,7-8,10-11H,2-3,6,9H2,1H3,(H2,15,17). The minimum absolute atomic E-state index is 0.482. The van der Waals surface area contributed by atoms with E-state index in [9.17, 15) is 0 Å². The van der Waals surface area contributed by atoms with Crippen LogP contribution in [0.2, 0.25) is 0 Å². The molecule has 96 valence electrons. The van der Waals surface area contributed by atoms with Gasteiger partial charge in [-0.3, -0.25) is 4.99 Å². The number of pyridine rings is 1. The van der Waals surface area contributed by atoms with Gasteiger partial charge in [0.2, 0.25) is 0 Å². The number of nitrogens with two attached hydrogens (primary N) is 1. The van der Waals surface area contributed by atoms with E-state index in [0.717, 1.165) is 25.0 Å². The molecule has 0 aromatic carbocycles. The number of hydrogen-bond acceptors (Lipinski definition) is 4. The lowest BCUT2D eigenvalue weighted by Gasteiger charge is -2.08. The Kier molecular flexibility index (Phi) is 4.34. The molecule has 1 unspecified atom stereocenters. The van der Waals surface area contributed by atoms with Gasteiger partial charge in [-0.25, -0.2) is 4.98 Å². The van der Waals surface area contributed by atoms with Crippen molar-refractivity contribution in [3.05, 3.63) is 30.6 Å². The minimum atomic E-state index is 0.482. The number of hydrogen-bond donors (Lipinski definition) is 1. The van der Waals surface area contributed by atoms with E-state index < -0.39 is 0 Å². The molecule has 0 spiro atoms. The Balaban J connectivity index is 1.79. The third kappa shape index (κ3) is 3.87. The van der Waals surface area contributed by atoms with Crippen LogP contribution in [0.5, 0.6) is 5.75 Å². The molecule has 2 heterocycles. The van der Waals surface area contributed by atoms with E-state index in [4.69, 9.17) is 10.5 Å². The van der Waals surface area contributed by atoms with Crippen LogP contribution in [0, 0.1) is 5.92 Å². The van der Waals surface area contributed by atoms with Gasteiger partial charge in [-0.1, -0.05) is 13.0 Å². The number of rotatable bonds is 4. The van der Waals surface area contributed by atoms with Gasteiger partial charge in [0, 0.05) is 30.6 Å². The molecule has 0 radical (unpaired) electrons. The van der Waals surface area contributed by atoms with Gasteiger partial charge in [0.1, 0.15) is 11.6 Å². The number of allylic oxidation sites excluding steroid dienone is 1. The third-order valence-electron chi connectivity index (χ3n) is 2.97. The van der Waals surface area contributed by atoms with Gasteiger partial charge in [0.15, 0.2) is 0 Å². The first-order valence-corrected chi connectivity index (χ1v) is 6.30. The summed E-state index contributed by atoms with van der Waals surface area (Å²) in [7, 11) is 0. The summed E-state index contributed by atoms with van der Waals surface area (Å²) in [5, 5.41) is 0. The Morgan fingerprint density at radius 2 is 2.39 bits per heavy atom. The molecule has 4 heteroatoms. The van der Waals surface area contributed by atoms with Crippen LogP contribution in [0.1, 0.15) is 26.2 Å². The van der Waals surface area contributed by atoms with Crippen molar-refractivity contribution in [2.45, 2.75) is 26.2 Å². The van der Waals surface area contributed by atoms with Crippen LogP contribution in [-0.2, 0) is 0 Å². The second-order valence-electron chi connectivity index (χ2n) is 4.57. The molecule has 0 amide bonds. The highest BCUT2D eigenvalue weighted by Gasteiger charge is 2.06. The summed E-state index contributed by atoms with van der Waals surface area (Å²) < 4.78 is 5.63. The second kappa shape index (κ2) is 6.19. The fourth-order valence-corrected chi connectivity index (χ4v) is 1.84. The van der Waals surface area contributed by atoms with Crippen molar-refractivity contribution in [1.29, 1.82) is 0 Å². The van der Waals surface area contributed by atoms with Crippen LogP contribution in [-0.4, -0.2) is 17.3 Å². The SMILES string of the molecule is CC1C=CN=C(CCOc2ccnc(N)c2)CC1. The maximum Gasteiger partial charge on any atom is 0.126 e. The molecule has 1 aliphatic heterocycles. The summed E-state index contributed by atoms with van der Waals surface area (Å²) in [6.07, 6.45) is 8.79. The lowest BCUT2D eigenvalue weighted by atomic mass is 10.0. The van der Waals surface area contributed by atoms with Crippen LogP contribution in [0.25, 0.3) is 0 Å². The lowest BCUT2D eigenvalue weighted by molar-refractivity contribution is 0.328. The molecule has 0 saturated heterocycles. The molecular weight excluding hydrogens is 226 g/mol. The Bertz CT molecular complexity index is 454. The van der Waals surface area contributed by atoms with Crippen LogP contribution in [0.4, 0.5) is 5.82 Å². The average Bonchev–Trinajstić information content (AvgIpc) is 2.55. The Morgan fingerprint density at radius 3 is 3.22 bits per heavy atom. The van der Waals surface area contributed by atoms with Crippen molar-refractivity contribution in [1.82, 2.24) is 4.98 Å². The van der Waals surface area contributed by atoms with E-state index in [1.807, 2.05) is 12.3 Å². The quantitative estimate of drug-likeness (QED) is 0.887. The van der Waals surface area contributed by atoms with Crippen molar-refractivity contribution >= 4 is 11.5 Å². The van der Waals surface area contributed by atoms with Crippen molar-refractivity contribution in [3.8, 4) is 5.75 Å². The molecular formula is C14H19N3O. The maximum absolute atomic E-state index is 5.63. The van der Waals surface area contributed by atoms with E-state index >= 15 is 0 Å². The van der Waals surface area contributed by atoms with Gasteiger partial charge in [0.25, 0.3) is 0 Å². The number of nitrogen functional groups attached to an aromatic ring is 1. The molecule has 1 atom stereocenters. The van der Waals surface area contributed by atoms with Crippen LogP contribution in [0.3, 0.4) is 0 Å². The zero-order chi connectivity index (χ0) is 12.8. The number of aliphatic imine (C=N–C) groups is 1. The zero-order valence-electron chi connectivity index (χ0n) is 10.7. The molecule has 0 saturated carbocycles. The molecule has 18 heavy (non-hydrogen) atoms. The maximum atomic E-state index is 5.63. The minimum Gasteiger partial charge on any atom is -0.493 e. The second-order valence-corrected chi connectivity index (χ2v) is 4.57. The predicted molar refractivity (Wildman–Crippen MR) is 73.7 cm³/mol. The average molecular weight is 245 g/mol. The molecule has 1 aliphatic rings. The molecule has 1 aromatic heterocycles. The van der Waals surface area contributed by atoms with Gasteiger partial charge in [-0.05, 0) is 24.8 Å². The molecule has 2 N–H and O–H groups in total. The summed E-state index contributed by atoms with van der Waals surface area (Å²) in [5.74, 6) is 1.86. The first-order chi connectivity index (χ1) is 8.74. The van der Waals surface area contributed by atoms with Gasteiger partial charge < -0.3 is 10.5 Å². The van der Waals surface area contributed by atoms with Gasteiger partial charge in [-0.2, -0.15) is 0 Å². The first kappa shape index (κ1) is 12.6. The number of ether oxygens (including phenoxy) is 1. The van der Waals surface area contributed by atoms with E-state index in [-0.39, 0.29) is 0 Å². The molecule has 1 aromatic rings. The summed E-state index contributed by atoms with van der Waals surface area (Å²) >= 11 is 0. The Labute approximate surface area is 108 Å². The largest absolute Gasteiger partial charge is 0.493 e. The molecule has 0 aliphatic carbocycles. The van der Waals surface area contributed by atoms with Crippen LogP contribution in [0.15, 0.2) is 35.6 Å². The smallest absolute Gasteiger partial charge is 0.126 e. The van der Waals surface area contributed by atoms with Crippen molar-refractivity contribution < 1.29 is 4.74 Å². The third-order valence-corrected chi connectivity index (χ3v) is 2.97. The molecule has 2 rings (SSSR count). The van der Waals surface area contributed by atoms with E-state index in [1.54, 1.807) is 12.3 Å².